The summed E-state index contributed by atoms with van der Waals surface area (Å²) in [5, 5.41) is 0.875. The number of thiazole rings is 1. The van der Waals surface area contributed by atoms with Crippen molar-refractivity contribution in [3.8, 4) is 5.75 Å². The van der Waals surface area contributed by atoms with Crippen LogP contribution in [0.5, 0.6) is 5.75 Å². The molecule has 1 heterocycles. The van der Waals surface area contributed by atoms with Crippen molar-refractivity contribution in [1.29, 1.82) is 0 Å². The van der Waals surface area contributed by atoms with Crippen LogP contribution in [0.2, 0.25) is 0 Å². The van der Waals surface area contributed by atoms with Crippen LogP contribution in [-0.4, -0.2) is 24.2 Å². The van der Waals surface area contributed by atoms with Crippen LogP contribution < -0.4 is 4.74 Å². The number of aromatic nitrogens is 1. The Labute approximate surface area is 121 Å². The molecule has 5 heteroatoms. The number of rotatable bonds is 5. The van der Waals surface area contributed by atoms with Crippen LogP contribution in [0.3, 0.4) is 0 Å². The zero-order valence-electron chi connectivity index (χ0n) is 11.6. The number of hydrogen-bond acceptors (Lipinski definition) is 5. The van der Waals surface area contributed by atoms with E-state index in [1.165, 1.54) is 0 Å². The molecule has 0 saturated heterocycles. The van der Waals surface area contributed by atoms with Gasteiger partial charge in [-0.25, -0.2) is 4.98 Å². The lowest BCUT2D eigenvalue weighted by molar-refractivity contribution is -0.146. The highest BCUT2D eigenvalue weighted by atomic mass is 32.1. The van der Waals surface area contributed by atoms with Crippen molar-refractivity contribution in [2.75, 3.05) is 13.2 Å². The molecule has 1 aromatic heterocycles. The van der Waals surface area contributed by atoms with Crippen molar-refractivity contribution < 1.29 is 14.3 Å². The molecule has 0 unspecified atom stereocenters. The minimum Gasteiger partial charge on any atom is -0.494 e. The summed E-state index contributed by atoms with van der Waals surface area (Å²) in [6.45, 7) is 4.85. The van der Waals surface area contributed by atoms with Crippen molar-refractivity contribution in [3.63, 3.8) is 0 Å². The van der Waals surface area contributed by atoms with Gasteiger partial charge in [0.2, 0.25) is 0 Å². The molecule has 3 rings (SSSR count). The lowest BCUT2D eigenvalue weighted by Crippen LogP contribution is -2.22. The van der Waals surface area contributed by atoms with Crippen molar-refractivity contribution in [2.24, 2.45) is 0 Å². The minimum absolute atomic E-state index is 0.135. The number of nitrogens with zero attached hydrogens (tertiary/aromatic N) is 1. The number of hydrogen-bond donors (Lipinski definition) is 0. The van der Waals surface area contributed by atoms with E-state index in [4.69, 9.17) is 9.47 Å². The molecule has 0 aliphatic heterocycles. The van der Waals surface area contributed by atoms with Crippen molar-refractivity contribution in [1.82, 2.24) is 4.98 Å². The van der Waals surface area contributed by atoms with Gasteiger partial charge in [0.05, 0.1) is 23.4 Å². The molecule has 0 amide bonds. The first-order valence-electron chi connectivity index (χ1n) is 6.90. The van der Waals surface area contributed by atoms with Gasteiger partial charge < -0.3 is 9.47 Å². The maximum absolute atomic E-state index is 12.1. The average molecular weight is 291 g/mol. The first-order valence-corrected chi connectivity index (χ1v) is 7.72. The molecule has 4 nitrogen and oxygen atoms in total. The molecule has 0 atom stereocenters. The van der Waals surface area contributed by atoms with Gasteiger partial charge in [-0.3, -0.25) is 4.79 Å². The molecule has 1 aliphatic rings. The second-order valence-electron chi connectivity index (χ2n) is 4.88. The zero-order chi connectivity index (χ0) is 14.2. The quantitative estimate of drug-likeness (QED) is 0.793. The molecule has 1 aromatic carbocycles. The van der Waals surface area contributed by atoms with E-state index in [1.807, 2.05) is 32.0 Å². The Balaban J connectivity index is 1.95. The van der Waals surface area contributed by atoms with Gasteiger partial charge in [-0.2, -0.15) is 0 Å². The standard InChI is InChI=1S/C15H17NO3S/c1-3-18-10-5-6-11-12(9-10)20-13(16-11)15(7-8-15)14(17)19-4-2/h5-6,9H,3-4,7-8H2,1-2H3. The summed E-state index contributed by atoms with van der Waals surface area (Å²) in [6.07, 6.45) is 1.67. The average Bonchev–Trinajstić information content (AvgIpc) is 3.14. The van der Waals surface area contributed by atoms with E-state index in [0.29, 0.717) is 13.2 Å². The third-order valence-electron chi connectivity index (χ3n) is 3.50. The summed E-state index contributed by atoms with van der Waals surface area (Å²) in [4.78, 5) is 16.7. The van der Waals surface area contributed by atoms with Crippen molar-refractivity contribution in [2.45, 2.75) is 32.1 Å². The third kappa shape index (κ3) is 2.16. The summed E-state index contributed by atoms with van der Waals surface area (Å²) in [5.74, 6) is 0.709. The zero-order valence-corrected chi connectivity index (χ0v) is 12.5. The second kappa shape index (κ2) is 5.05. The van der Waals surface area contributed by atoms with Gasteiger partial charge in [0.25, 0.3) is 0 Å². The Morgan fingerprint density at radius 3 is 2.80 bits per heavy atom. The molecule has 0 bridgehead atoms. The van der Waals surface area contributed by atoms with E-state index >= 15 is 0 Å². The van der Waals surface area contributed by atoms with Crippen LogP contribution in [0.4, 0.5) is 0 Å². The van der Waals surface area contributed by atoms with E-state index in [-0.39, 0.29) is 5.97 Å². The Bertz CT molecular complexity index is 646. The molecule has 1 saturated carbocycles. The van der Waals surface area contributed by atoms with Crippen molar-refractivity contribution in [3.05, 3.63) is 23.2 Å². The van der Waals surface area contributed by atoms with Gasteiger partial charge in [-0.05, 0) is 44.9 Å². The summed E-state index contributed by atoms with van der Waals surface area (Å²) in [5.41, 5.74) is 0.440. The summed E-state index contributed by atoms with van der Waals surface area (Å²) in [6, 6.07) is 5.85. The molecule has 20 heavy (non-hydrogen) atoms. The lowest BCUT2D eigenvalue weighted by Gasteiger charge is -2.09. The van der Waals surface area contributed by atoms with Gasteiger partial charge >= 0.3 is 5.97 Å². The summed E-state index contributed by atoms with van der Waals surface area (Å²) >= 11 is 1.57. The normalized spacial score (nSPS) is 16.1. The van der Waals surface area contributed by atoms with Gasteiger partial charge in [-0.1, -0.05) is 0 Å². The van der Waals surface area contributed by atoms with Crippen LogP contribution >= 0.6 is 11.3 Å². The van der Waals surface area contributed by atoms with Crippen molar-refractivity contribution >= 4 is 27.5 Å². The van der Waals surface area contributed by atoms with E-state index in [0.717, 1.165) is 33.8 Å². The van der Waals surface area contributed by atoms with E-state index < -0.39 is 5.41 Å². The molecule has 0 N–H and O–H groups in total. The predicted octanol–water partition coefficient (Wildman–Crippen LogP) is 3.29. The van der Waals surface area contributed by atoms with Gasteiger partial charge in [0.1, 0.15) is 16.2 Å². The highest BCUT2D eigenvalue weighted by Gasteiger charge is 2.55. The third-order valence-corrected chi connectivity index (χ3v) is 4.72. The number of fused-ring (bicyclic) bond motifs is 1. The summed E-state index contributed by atoms with van der Waals surface area (Å²) in [7, 11) is 0. The van der Waals surface area contributed by atoms with Crippen LogP contribution in [0.1, 0.15) is 31.7 Å². The number of esters is 1. The minimum atomic E-state index is -0.481. The Morgan fingerprint density at radius 2 is 2.15 bits per heavy atom. The van der Waals surface area contributed by atoms with Crippen LogP contribution in [0.15, 0.2) is 18.2 Å². The molecular weight excluding hydrogens is 274 g/mol. The molecule has 1 aliphatic carbocycles. The number of benzene rings is 1. The fraction of sp³-hybridized carbons (Fsp3) is 0.467. The van der Waals surface area contributed by atoms with E-state index in [2.05, 4.69) is 4.98 Å². The van der Waals surface area contributed by atoms with E-state index in [9.17, 15) is 4.79 Å². The molecule has 2 aromatic rings. The smallest absolute Gasteiger partial charge is 0.319 e. The number of ether oxygens (including phenoxy) is 2. The largest absolute Gasteiger partial charge is 0.494 e. The van der Waals surface area contributed by atoms with Gasteiger partial charge in [0, 0.05) is 0 Å². The Hall–Kier alpha value is -1.62. The molecule has 1 fully saturated rings. The Kier molecular flexibility index (Phi) is 3.38. The van der Waals surface area contributed by atoms with Crippen LogP contribution in [0.25, 0.3) is 10.2 Å². The SMILES string of the molecule is CCOC(=O)C1(c2nc3ccc(OCC)cc3s2)CC1. The fourth-order valence-electron chi connectivity index (χ4n) is 2.27. The van der Waals surface area contributed by atoms with E-state index in [1.54, 1.807) is 11.3 Å². The fourth-order valence-corrected chi connectivity index (χ4v) is 3.49. The topological polar surface area (TPSA) is 48.4 Å². The molecule has 0 radical (unpaired) electrons. The van der Waals surface area contributed by atoms with Gasteiger partial charge in [0.15, 0.2) is 0 Å². The Morgan fingerprint density at radius 1 is 1.35 bits per heavy atom. The van der Waals surface area contributed by atoms with Gasteiger partial charge in [-0.15, -0.1) is 11.3 Å². The highest BCUT2D eigenvalue weighted by Crippen LogP contribution is 2.51. The summed E-state index contributed by atoms with van der Waals surface area (Å²) < 4.78 is 11.7. The maximum Gasteiger partial charge on any atom is 0.319 e. The van der Waals surface area contributed by atoms with Crippen LogP contribution in [0, 0.1) is 0 Å². The predicted molar refractivity (Wildman–Crippen MR) is 78.3 cm³/mol. The lowest BCUT2D eigenvalue weighted by atomic mass is 10.1. The molecule has 106 valence electrons. The second-order valence-corrected chi connectivity index (χ2v) is 5.91. The van der Waals surface area contributed by atoms with Crippen LogP contribution in [-0.2, 0) is 14.9 Å². The number of carbonyl (C=O) groups is 1. The molecule has 0 spiro atoms. The highest BCUT2D eigenvalue weighted by molar-refractivity contribution is 7.18. The molecular formula is C15H17NO3S. The number of carbonyl (C=O) groups excluding carboxylic acids is 1. The first kappa shape index (κ1) is 13.4. The first-order chi connectivity index (χ1) is 9.69. The monoisotopic (exact) mass is 291 g/mol. The maximum atomic E-state index is 12.1.